The molecule has 0 unspecified atom stereocenters. The minimum atomic E-state index is 0.552. The van der Waals surface area contributed by atoms with Gasteiger partial charge in [-0.3, -0.25) is 0 Å². The number of methoxy groups -OCH3 is 1. The topological polar surface area (TPSA) is 30.5 Å². The molecule has 0 fully saturated rings. The van der Waals surface area contributed by atoms with Crippen molar-refractivity contribution in [1.29, 1.82) is 0 Å². The van der Waals surface area contributed by atoms with Crippen molar-refractivity contribution in [3.05, 3.63) is 95.6 Å². The second-order valence-corrected chi connectivity index (χ2v) is 6.20. The Hall–Kier alpha value is -2.85. The van der Waals surface area contributed by atoms with E-state index in [-0.39, 0.29) is 0 Å². The first-order valence-corrected chi connectivity index (χ1v) is 8.84. The van der Waals surface area contributed by atoms with E-state index in [9.17, 15) is 0 Å². The van der Waals surface area contributed by atoms with Crippen LogP contribution in [0, 0.1) is 0 Å². The van der Waals surface area contributed by atoms with Crippen LogP contribution in [-0.4, -0.2) is 12.1 Å². The van der Waals surface area contributed by atoms with Crippen LogP contribution in [0.4, 0.5) is 0 Å². The molecular formula is C22H21NO2S. The first kappa shape index (κ1) is 18.0. The molecule has 0 aliphatic rings. The highest BCUT2D eigenvalue weighted by atomic mass is 32.1. The number of benzene rings is 3. The molecule has 0 aliphatic heterocycles. The fraction of sp³-hybridized carbons (Fsp3) is 0.136. The Labute approximate surface area is 159 Å². The summed E-state index contributed by atoms with van der Waals surface area (Å²) in [5.74, 6) is 1.68. The van der Waals surface area contributed by atoms with Gasteiger partial charge < -0.3 is 14.8 Å². The Morgan fingerprint density at radius 3 is 2.31 bits per heavy atom. The van der Waals surface area contributed by atoms with Gasteiger partial charge in [-0.15, -0.1) is 0 Å². The lowest BCUT2D eigenvalue weighted by atomic mass is 10.2. The molecule has 3 aromatic rings. The van der Waals surface area contributed by atoms with E-state index in [1.807, 2.05) is 78.9 Å². The highest BCUT2D eigenvalue weighted by Gasteiger charge is 2.05. The van der Waals surface area contributed by atoms with Crippen molar-refractivity contribution in [1.82, 2.24) is 5.32 Å². The van der Waals surface area contributed by atoms with E-state index >= 15 is 0 Å². The van der Waals surface area contributed by atoms with Gasteiger partial charge in [0.25, 0.3) is 0 Å². The van der Waals surface area contributed by atoms with E-state index < -0.39 is 0 Å². The van der Waals surface area contributed by atoms with Gasteiger partial charge in [-0.05, 0) is 35.9 Å². The van der Waals surface area contributed by atoms with Crippen molar-refractivity contribution in [2.45, 2.75) is 13.2 Å². The third-order valence-electron chi connectivity index (χ3n) is 4.00. The number of hydrogen-bond donors (Lipinski definition) is 1. The van der Waals surface area contributed by atoms with E-state index in [1.165, 1.54) is 0 Å². The molecule has 0 saturated heterocycles. The Morgan fingerprint density at radius 1 is 0.885 bits per heavy atom. The number of thiocarbonyl (C=S) groups is 1. The average Bonchev–Trinajstić information content (AvgIpc) is 2.72. The zero-order chi connectivity index (χ0) is 18.2. The Bertz CT molecular complexity index is 848. The second kappa shape index (κ2) is 9.02. The molecule has 0 saturated carbocycles. The van der Waals surface area contributed by atoms with Crippen LogP contribution < -0.4 is 14.8 Å². The fourth-order valence-corrected chi connectivity index (χ4v) is 2.78. The van der Waals surface area contributed by atoms with Gasteiger partial charge in [0, 0.05) is 17.7 Å². The van der Waals surface area contributed by atoms with Crippen molar-refractivity contribution >= 4 is 17.2 Å². The molecule has 132 valence electrons. The molecule has 3 nitrogen and oxygen atoms in total. The molecule has 0 aliphatic carbocycles. The predicted molar refractivity (Wildman–Crippen MR) is 109 cm³/mol. The predicted octanol–water partition coefficient (Wildman–Crippen LogP) is 4.74. The molecule has 0 amide bonds. The van der Waals surface area contributed by atoms with Gasteiger partial charge in [-0.2, -0.15) is 0 Å². The molecule has 0 spiro atoms. The standard InChI is InChI=1S/C22H21NO2S/c1-24-21-10-6-5-9-19(21)15-23-22(26)18-11-13-20(14-12-18)25-16-17-7-3-2-4-8-17/h2-14H,15-16H2,1H3,(H,23,26). The fourth-order valence-electron chi connectivity index (χ4n) is 2.57. The Balaban J connectivity index is 1.55. The quantitative estimate of drug-likeness (QED) is 0.614. The SMILES string of the molecule is COc1ccccc1CNC(=S)c1ccc(OCc2ccccc2)cc1. The number of ether oxygens (including phenoxy) is 2. The van der Waals surface area contributed by atoms with Gasteiger partial charge >= 0.3 is 0 Å². The summed E-state index contributed by atoms with van der Waals surface area (Å²) in [7, 11) is 1.67. The number of para-hydroxylation sites is 1. The summed E-state index contributed by atoms with van der Waals surface area (Å²) < 4.78 is 11.2. The lowest BCUT2D eigenvalue weighted by molar-refractivity contribution is 0.306. The van der Waals surface area contributed by atoms with Crippen LogP contribution in [0.5, 0.6) is 11.5 Å². The van der Waals surface area contributed by atoms with Crippen LogP contribution in [0.3, 0.4) is 0 Å². The van der Waals surface area contributed by atoms with Gasteiger partial charge in [0.1, 0.15) is 23.1 Å². The van der Waals surface area contributed by atoms with Crippen molar-refractivity contribution in [2.24, 2.45) is 0 Å². The smallest absolute Gasteiger partial charge is 0.123 e. The number of hydrogen-bond acceptors (Lipinski definition) is 3. The summed E-state index contributed by atoms with van der Waals surface area (Å²) in [5, 5.41) is 3.28. The maximum Gasteiger partial charge on any atom is 0.123 e. The van der Waals surface area contributed by atoms with Gasteiger partial charge in [0.15, 0.2) is 0 Å². The molecule has 0 atom stereocenters. The maximum atomic E-state index is 5.81. The average molecular weight is 363 g/mol. The third-order valence-corrected chi connectivity index (χ3v) is 4.38. The minimum absolute atomic E-state index is 0.552. The summed E-state index contributed by atoms with van der Waals surface area (Å²) in [5.41, 5.74) is 3.17. The number of rotatable bonds is 7. The van der Waals surface area contributed by atoms with Crippen LogP contribution in [0.25, 0.3) is 0 Å². The van der Waals surface area contributed by atoms with Gasteiger partial charge in [0.2, 0.25) is 0 Å². The molecule has 3 rings (SSSR count). The third kappa shape index (κ3) is 4.83. The summed E-state index contributed by atoms with van der Waals surface area (Å²) >= 11 is 5.49. The van der Waals surface area contributed by atoms with E-state index in [4.69, 9.17) is 21.7 Å². The van der Waals surface area contributed by atoms with Crippen LogP contribution in [-0.2, 0) is 13.2 Å². The summed E-state index contributed by atoms with van der Waals surface area (Å²) in [4.78, 5) is 0.700. The Morgan fingerprint density at radius 2 is 1.58 bits per heavy atom. The first-order valence-electron chi connectivity index (χ1n) is 8.43. The molecule has 4 heteroatoms. The van der Waals surface area contributed by atoms with Gasteiger partial charge in [0.05, 0.1) is 7.11 Å². The molecule has 0 aromatic heterocycles. The minimum Gasteiger partial charge on any atom is -0.496 e. The lowest BCUT2D eigenvalue weighted by Crippen LogP contribution is -2.21. The van der Waals surface area contributed by atoms with Gasteiger partial charge in [-0.25, -0.2) is 0 Å². The van der Waals surface area contributed by atoms with Crippen LogP contribution >= 0.6 is 12.2 Å². The Kier molecular flexibility index (Phi) is 6.23. The van der Waals surface area contributed by atoms with Crippen molar-refractivity contribution in [2.75, 3.05) is 7.11 Å². The monoisotopic (exact) mass is 363 g/mol. The molecule has 0 bridgehead atoms. The van der Waals surface area contributed by atoms with Crippen molar-refractivity contribution in [3.63, 3.8) is 0 Å². The van der Waals surface area contributed by atoms with E-state index in [0.717, 1.165) is 28.2 Å². The lowest BCUT2D eigenvalue weighted by Gasteiger charge is -2.12. The van der Waals surface area contributed by atoms with Crippen LogP contribution in [0.15, 0.2) is 78.9 Å². The highest BCUT2D eigenvalue weighted by Crippen LogP contribution is 2.18. The first-order chi connectivity index (χ1) is 12.8. The molecule has 3 aromatic carbocycles. The highest BCUT2D eigenvalue weighted by molar-refractivity contribution is 7.80. The van der Waals surface area contributed by atoms with E-state index in [1.54, 1.807) is 7.11 Å². The van der Waals surface area contributed by atoms with Crippen molar-refractivity contribution < 1.29 is 9.47 Å². The van der Waals surface area contributed by atoms with Crippen LogP contribution in [0.2, 0.25) is 0 Å². The van der Waals surface area contributed by atoms with Crippen LogP contribution in [0.1, 0.15) is 16.7 Å². The maximum absolute atomic E-state index is 5.81. The summed E-state index contributed by atoms with van der Waals surface area (Å²) in [6, 6.07) is 25.8. The molecule has 1 N–H and O–H groups in total. The normalized spacial score (nSPS) is 10.2. The largest absolute Gasteiger partial charge is 0.496 e. The zero-order valence-electron chi connectivity index (χ0n) is 14.6. The molecule has 0 radical (unpaired) electrons. The van der Waals surface area contributed by atoms with E-state index in [0.29, 0.717) is 18.1 Å². The molecule has 26 heavy (non-hydrogen) atoms. The molecular weight excluding hydrogens is 342 g/mol. The second-order valence-electron chi connectivity index (χ2n) is 5.79. The molecule has 0 heterocycles. The van der Waals surface area contributed by atoms with E-state index in [2.05, 4.69) is 5.32 Å². The zero-order valence-corrected chi connectivity index (χ0v) is 15.5. The number of nitrogens with one attached hydrogen (secondary N) is 1. The van der Waals surface area contributed by atoms with Crippen molar-refractivity contribution in [3.8, 4) is 11.5 Å². The summed E-state index contributed by atoms with van der Waals surface area (Å²) in [6.07, 6.45) is 0. The summed E-state index contributed by atoms with van der Waals surface area (Å²) in [6.45, 7) is 1.17. The van der Waals surface area contributed by atoms with Gasteiger partial charge in [-0.1, -0.05) is 60.7 Å².